The van der Waals surface area contributed by atoms with Crippen LogP contribution in [0, 0.1) is 12.7 Å². The van der Waals surface area contributed by atoms with Crippen LogP contribution >= 0.6 is 11.8 Å². The number of rotatable bonds is 5. The first kappa shape index (κ1) is 23.4. The molecule has 2 aliphatic rings. The normalized spacial score (nSPS) is 19.3. The van der Waals surface area contributed by atoms with Gasteiger partial charge in [-0.2, -0.15) is 16.7 Å². The van der Waals surface area contributed by atoms with Gasteiger partial charge in [-0.25, -0.2) is 27.9 Å². The Balaban J connectivity index is 1.51. The molecule has 1 aromatic heterocycles. The van der Waals surface area contributed by atoms with Gasteiger partial charge in [0, 0.05) is 42.2 Å². The van der Waals surface area contributed by atoms with Crippen molar-refractivity contribution >= 4 is 45.0 Å². The molecule has 0 amide bonds. The Morgan fingerprint density at radius 2 is 2.03 bits per heavy atom. The topological polar surface area (TPSA) is 114 Å². The van der Waals surface area contributed by atoms with Crippen LogP contribution in [-0.4, -0.2) is 53.6 Å². The molecule has 1 saturated heterocycles. The third-order valence-corrected chi connectivity index (χ3v) is 7.27. The molecule has 33 heavy (non-hydrogen) atoms. The van der Waals surface area contributed by atoms with Gasteiger partial charge in [0.2, 0.25) is 16.0 Å². The molecular formula is C22H25FN6O2S2. The van der Waals surface area contributed by atoms with Crippen molar-refractivity contribution in [2.75, 3.05) is 29.9 Å². The van der Waals surface area contributed by atoms with Crippen LogP contribution in [0.25, 0.3) is 0 Å². The summed E-state index contributed by atoms with van der Waals surface area (Å²) in [7, 11) is -3.88. The summed E-state index contributed by atoms with van der Waals surface area (Å²) in [6.45, 7) is 3.77. The van der Waals surface area contributed by atoms with Crippen molar-refractivity contribution in [1.82, 2.24) is 14.9 Å². The van der Waals surface area contributed by atoms with Crippen molar-refractivity contribution in [3.8, 4) is 0 Å². The van der Waals surface area contributed by atoms with E-state index < -0.39 is 15.8 Å². The number of hydrogen-bond donors (Lipinski definition) is 2. The maximum Gasteiger partial charge on any atom is 0.238 e. The standard InChI is InChI=1S/C22H25FN6O2S2/c1-15-2-5-18(12-20(15)33(24,30)31)27-22-25-13-19(23)21(28-22)26-17-6-3-16(4-7-17)14-29-8-10-32-11-9-29/h2-3,5-6,12-14H,4,7-11H2,1H3,(H2,24,30,31)(H,25,27,28). The van der Waals surface area contributed by atoms with Gasteiger partial charge in [-0.05, 0) is 49.1 Å². The lowest BCUT2D eigenvalue weighted by Gasteiger charge is -2.26. The van der Waals surface area contributed by atoms with Gasteiger partial charge in [0.05, 0.1) is 11.1 Å². The number of nitrogens with two attached hydrogens (primary N) is 1. The van der Waals surface area contributed by atoms with Gasteiger partial charge in [-0.3, -0.25) is 0 Å². The molecule has 1 fully saturated rings. The van der Waals surface area contributed by atoms with Crippen LogP contribution in [0.2, 0.25) is 0 Å². The molecule has 11 heteroatoms. The molecule has 0 spiro atoms. The summed E-state index contributed by atoms with van der Waals surface area (Å²) in [5, 5.41) is 8.15. The summed E-state index contributed by atoms with van der Waals surface area (Å²) in [5.74, 6) is 1.68. The highest BCUT2D eigenvalue weighted by Crippen LogP contribution is 2.24. The highest BCUT2D eigenvalue weighted by molar-refractivity contribution is 7.99. The monoisotopic (exact) mass is 488 g/mol. The maximum atomic E-state index is 14.3. The largest absolute Gasteiger partial charge is 0.375 e. The maximum absolute atomic E-state index is 14.3. The van der Waals surface area contributed by atoms with Crippen LogP contribution in [0.15, 0.2) is 58.2 Å². The van der Waals surface area contributed by atoms with Crippen molar-refractivity contribution < 1.29 is 12.8 Å². The first-order chi connectivity index (χ1) is 15.8. The fourth-order valence-corrected chi connectivity index (χ4v) is 5.27. The second kappa shape index (κ2) is 10.0. The molecule has 8 nitrogen and oxygen atoms in total. The van der Waals surface area contributed by atoms with E-state index in [1.54, 1.807) is 19.1 Å². The van der Waals surface area contributed by atoms with E-state index in [0.29, 0.717) is 17.7 Å². The van der Waals surface area contributed by atoms with Gasteiger partial charge >= 0.3 is 0 Å². The number of aromatic nitrogens is 2. The number of primary sulfonamides is 1. The number of halogens is 1. The van der Waals surface area contributed by atoms with Gasteiger partial charge in [0.25, 0.3) is 0 Å². The van der Waals surface area contributed by atoms with Crippen LogP contribution < -0.4 is 10.5 Å². The third-order valence-electron chi connectivity index (χ3n) is 5.28. The molecule has 3 N–H and O–H groups in total. The van der Waals surface area contributed by atoms with E-state index in [1.165, 1.54) is 11.6 Å². The second-order valence-electron chi connectivity index (χ2n) is 7.80. The predicted octanol–water partition coefficient (Wildman–Crippen LogP) is 3.67. The fraction of sp³-hybridized carbons (Fsp3) is 0.318. The third kappa shape index (κ3) is 6.18. The van der Waals surface area contributed by atoms with E-state index in [0.717, 1.165) is 42.9 Å². The average Bonchev–Trinajstić information content (AvgIpc) is 2.78. The molecular weight excluding hydrogens is 463 g/mol. The van der Waals surface area contributed by atoms with E-state index >= 15 is 0 Å². The molecule has 0 radical (unpaired) electrons. The molecule has 2 aromatic rings. The lowest BCUT2D eigenvalue weighted by Crippen LogP contribution is -2.28. The minimum Gasteiger partial charge on any atom is -0.375 e. The predicted molar refractivity (Wildman–Crippen MR) is 130 cm³/mol. The van der Waals surface area contributed by atoms with Gasteiger partial charge in [0.15, 0.2) is 11.6 Å². The first-order valence-electron chi connectivity index (χ1n) is 10.5. The lowest BCUT2D eigenvalue weighted by molar-refractivity contribution is 0.413. The number of nitrogens with one attached hydrogen (secondary N) is 1. The smallest absolute Gasteiger partial charge is 0.238 e. The average molecular weight is 489 g/mol. The summed E-state index contributed by atoms with van der Waals surface area (Å²) in [6, 6.07) is 4.68. The molecule has 0 atom stereocenters. The summed E-state index contributed by atoms with van der Waals surface area (Å²) in [4.78, 5) is 14.8. The Morgan fingerprint density at radius 3 is 2.73 bits per heavy atom. The molecule has 1 aromatic carbocycles. The van der Waals surface area contributed by atoms with E-state index in [1.807, 2.05) is 23.9 Å². The van der Waals surface area contributed by atoms with Crippen molar-refractivity contribution in [1.29, 1.82) is 0 Å². The number of benzene rings is 1. The van der Waals surface area contributed by atoms with Crippen molar-refractivity contribution in [2.24, 2.45) is 10.1 Å². The Labute approximate surface area is 197 Å². The summed E-state index contributed by atoms with van der Waals surface area (Å²) in [6.07, 6.45) is 8.67. The molecule has 0 saturated carbocycles. The van der Waals surface area contributed by atoms with Gasteiger partial charge in [-0.15, -0.1) is 0 Å². The van der Waals surface area contributed by atoms with Crippen LogP contribution in [-0.2, 0) is 10.0 Å². The van der Waals surface area contributed by atoms with Crippen molar-refractivity contribution in [3.05, 3.63) is 59.7 Å². The summed E-state index contributed by atoms with van der Waals surface area (Å²) >= 11 is 1.97. The number of anilines is 2. The lowest BCUT2D eigenvalue weighted by atomic mass is 10.0. The Kier molecular flexibility index (Phi) is 7.11. The number of hydrogen-bond acceptors (Lipinski definition) is 8. The minimum atomic E-state index is -3.88. The Morgan fingerprint density at radius 1 is 1.24 bits per heavy atom. The highest BCUT2D eigenvalue weighted by Gasteiger charge is 2.15. The number of aliphatic imine (C=N–C) groups is 1. The van der Waals surface area contributed by atoms with E-state index in [2.05, 4.69) is 31.4 Å². The number of nitrogens with zero attached hydrogens (tertiary/aromatic N) is 4. The van der Waals surface area contributed by atoms with Crippen LogP contribution in [0.5, 0.6) is 0 Å². The van der Waals surface area contributed by atoms with Crippen LogP contribution in [0.1, 0.15) is 18.4 Å². The van der Waals surface area contributed by atoms with Gasteiger partial charge in [0.1, 0.15) is 0 Å². The van der Waals surface area contributed by atoms with E-state index in [4.69, 9.17) is 5.14 Å². The van der Waals surface area contributed by atoms with E-state index in [-0.39, 0.29) is 16.7 Å². The zero-order chi connectivity index (χ0) is 23.4. The van der Waals surface area contributed by atoms with Gasteiger partial charge in [-0.1, -0.05) is 12.1 Å². The SMILES string of the molecule is Cc1ccc(Nc2ncc(F)c(N=C3C=CC(=CN4CCSCC4)CC3)n2)cc1S(N)(=O)=O. The molecule has 1 aliphatic carbocycles. The van der Waals surface area contributed by atoms with Crippen LogP contribution in [0.4, 0.5) is 21.8 Å². The number of aryl methyl sites for hydroxylation is 1. The van der Waals surface area contributed by atoms with Crippen molar-refractivity contribution in [3.63, 3.8) is 0 Å². The van der Waals surface area contributed by atoms with Gasteiger partial charge < -0.3 is 10.2 Å². The summed E-state index contributed by atoms with van der Waals surface area (Å²) < 4.78 is 37.8. The zero-order valence-corrected chi connectivity index (χ0v) is 19.8. The Bertz CT molecular complexity index is 1240. The molecule has 2 heterocycles. The summed E-state index contributed by atoms with van der Waals surface area (Å²) in [5.41, 5.74) is 2.90. The Hall–Kier alpha value is -2.76. The molecule has 0 unspecified atom stereocenters. The number of thioether (sulfide) groups is 1. The fourth-order valence-electron chi connectivity index (χ4n) is 3.53. The number of sulfonamides is 1. The first-order valence-corrected chi connectivity index (χ1v) is 13.2. The molecule has 174 valence electrons. The van der Waals surface area contributed by atoms with Crippen molar-refractivity contribution in [2.45, 2.75) is 24.7 Å². The van der Waals surface area contributed by atoms with Crippen LogP contribution in [0.3, 0.4) is 0 Å². The quantitative estimate of drug-likeness (QED) is 0.660. The molecule has 4 rings (SSSR count). The number of allylic oxidation sites excluding steroid dienone is 3. The van der Waals surface area contributed by atoms with E-state index in [9.17, 15) is 12.8 Å². The molecule has 0 bridgehead atoms. The molecule has 1 aliphatic heterocycles. The zero-order valence-electron chi connectivity index (χ0n) is 18.2. The second-order valence-corrected chi connectivity index (χ2v) is 10.6. The minimum absolute atomic E-state index is 0.00501. The highest BCUT2D eigenvalue weighted by atomic mass is 32.2.